The van der Waals surface area contributed by atoms with Crippen LogP contribution in [-0.4, -0.2) is 29.4 Å². The van der Waals surface area contributed by atoms with Gasteiger partial charge in [0.25, 0.3) is 0 Å². The van der Waals surface area contributed by atoms with Crippen LogP contribution in [0.5, 0.6) is 0 Å². The number of halogens is 1. The fourth-order valence-corrected chi connectivity index (χ4v) is 2.13. The fraction of sp³-hybridized carbons (Fsp3) is 1.00. The lowest BCUT2D eigenvalue weighted by molar-refractivity contribution is 0.265. The van der Waals surface area contributed by atoms with Gasteiger partial charge in [0.2, 0.25) is 0 Å². The second-order valence-electron chi connectivity index (χ2n) is 3.42. The van der Waals surface area contributed by atoms with Crippen molar-refractivity contribution in [3.8, 4) is 0 Å². The maximum Gasteiger partial charge on any atom is 0.00674 e. The highest BCUT2D eigenvalue weighted by molar-refractivity contribution is 9.09. The Morgan fingerprint density at radius 1 is 1.45 bits per heavy atom. The molecule has 2 heteroatoms. The van der Waals surface area contributed by atoms with Crippen LogP contribution in [0.15, 0.2) is 0 Å². The minimum Gasteiger partial charge on any atom is -0.301 e. The lowest BCUT2D eigenvalue weighted by Gasteiger charge is -2.20. The minimum absolute atomic E-state index is 0.852. The summed E-state index contributed by atoms with van der Waals surface area (Å²) in [7, 11) is 0. The third-order valence-electron chi connectivity index (χ3n) is 2.52. The minimum atomic E-state index is 0.852. The van der Waals surface area contributed by atoms with Gasteiger partial charge in [0.1, 0.15) is 0 Å². The van der Waals surface area contributed by atoms with Gasteiger partial charge in [0, 0.05) is 11.4 Å². The van der Waals surface area contributed by atoms with Crippen LogP contribution in [0.4, 0.5) is 0 Å². The van der Waals surface area contributed by atoms with Crippen molar-refractivity contribution >= 4 is 15.9 Å². The highest BCUT2D eigenvalue weighted by Gasteiger charge is 2.18. The Morgan fingerprint density at radius 2 is 2.27 bits per heavy atom. The number of hydrogen-bond acceptors (Lipinski definition) is 1. The fourth-order valence-electron chi connectivity index (χ4n) is 1.73. The van der Waals surface area contributed by atoms with Crippen molar-refractivity contribution in [2.75, 3.05) is 18.4 Å². The molecular weight excluding hydrogens is 202 g/mol. The lowest BCUT2D eigenvalue weighted by atomic mass is 10.2. The molecule has 1 aliphatic rings. The van der Waals surface area contributed by atoms with Crippen LogP contribution < -0.4 is 0 Å². The van der Waals surface area contributed by atoms with Gasteiger partial charge in [-0.05, 0) is 45.7 Å². The van der Waals surface area contributed by atoms with Crippen LogP contribution in [0.3, 0.4) is 0 Å². The summed E-state index contributed by atoms with van der Waals surface area (Å²) in [5.74, 6) is 0. The first-order chi connectivity index (χ1) is 5.34. The van der Waals surface area contributed by atoms with Crippen LogP contribution in [0, 0.1) is 0 Å². The van der Waals surface area contributed by atoms with E-state index in [-0.39, 0.29) is 0 Å². The van der Waals surface area contributed by atoms with E-state index < -0.39 is 0 Å². The first-order valence-electron chi connectivity index (χ1n) is 4.64. The molecule has 0 aromatic heterocycles. The number of alkyl halides is 1. The van der Waals surface area contributed by atoms with Gasteiger partial charge in [-0.1, -0.05) is 15.9 Å². The first kappa shape index (κ1) is 9.53. The zero-order valence-electron chi connectivity index (χ0n) is 7.35. The molecule has 0 bridgehead atoms. The monoisotopic (exact) mass is 219 g/mol. The molecule has 0 N–H and O–H groups in total. The summed E-state index contributed by atoms with van der Waals surface area (Å²) < 4.78 is 0. The largest absolute Gasteiger partial charge is 0.301 e. The van der Waals surface area contributed by atoms with E-state index in [2.05, 4.69) is 27.8 Å². The highest BCUT2D eigenvalue weighted by atomic mass is 79.9. The Balaban J connectivity index is 2.05. The summed E-state index contributed by atoms with van der Waals surface area (Å²) in [6.07, 6.45) is 5.50. The van der Waals surface area contributed by atoms with Gasteiger partial charge in [-0.25, -0.2) is 0 Å². The molecule has 1 saturated heterocycles. The quantitative estimate of drug-likeness (QED) is 0.520. The van der Waals surface area contributed by atoms with E-state index in [4.69, 9.17) is 0 Å². The lowest BCUT2D eigenvalue weighted by Crippen LogP contribution is -2.27. The van der Waals surface area contributed by atoms with E-state index in [0.717, 1.165) is 11.4 Å². The number of nitrogens with zero attached hydrogens (tertiary/aromatic N) is 1. The molecule has 0 saturated carbocycles. The molecule has 0 aliphatic carbocycles. The van der Waals surface area contributed by atoms with Crippen LogP contribution in [0.2, 0.25) is 0 Å². The van der Waals surface area contributed by atoms with Crippen LogP contribution >= 0.6 is 15.9 Å². The number of unbranched alkanes of at least 4 members (excludes halogenated alkanes) is 1. The Morgan fingerprint density at radius 3 is 2.82 bits per heavy atom. The van der Waals surface area contributed by atoms with Gasteiger partial charge >= 0.3 is 0 Å². The Kier molecular flexibility index (Phi) is 4.46. The van der Waals surface area contributed by atoms with Crippen molar-refractivity contribution in [3.05, 3.63) is 0 Å². The van der Waals surface area contributed by atoms with Crippen LogP contribution in [0.25, 0.3) is 0 Å². The van der Waals surface area contributed by atoms with Gasteiger partial charge in [-0.2, -0.15) is 0 Å². The van der Waals surface area contributed by atoms with Crippen molar-refractivity contribution in [3.63, 3.8) is 0 Å². The molecule has 0 spiro atoms. The third-order valence-corrected chi connectivity index (χ3v) is 3.08. The molecule has 11 heavy (non-hydrogen) atoms. The summed E-state index contributed by atoms with van der Waals surface area (Å²) in [6.45, 7) is 5.00. The van der Waals surface area contributed by atoms with Crippen molar-refractivity contribution in [2.24, 2.45) is 0 Å². The topological polar surface area (TPSA) is 3.24 Å². The van der Waals surface area contributed by atoms with Crippen molar-refractivity contribution < 1.29 is 0 Å². The molecule has 0 aromatic rings. The summed E-state index contributed by atoms with van der Waals surface area (Å²) in [6, 6.07) is 0.852. The summed E-state index contributed by atoms with van der Waals surface area (Å²) in [4.78, 5) is 2.61. The molecule has 1 heterocycles. The molecule has 1 fully saturated rings. The first-order valence-corrected chi connectivity index (χ1v) is 5.76. The number of rotatable bonds is 4. The molecular formula is C9H18BrN. The molecule has 1 nitrogen and oxygen atoms in total. The van der Waals surface area contributed by atoms with Crippen LogP contribution in [0.1, 0.15) is 32.6 Å². The van der Waals surface area contributed by atoms with E-state index in [1.807, 2.05) is 0 Å². The van der Waals surface area contributed by atoms with E-state index >= 15 is 0 Å². The Bertz CT molecular complexity index is 106. The number of hydrogen-bond donors (Lipinski definition) is 0. The predicted molar refractivity (Wildman–Crippen MR) is 53.3 cm³/mol. The molecule has 0 aromatic carbocycles. The van der Waals surface area contributed by atoms with Gasteiger partial charge in [0.05, 0.1) is 0 Å². The summed E-state index contributed by atoms with van der Waals surface area (Å²) >= 11 is 3.46. The van der Waals surface area contributed by atoms with Crippen molar-refractivity contribution in [1.82, 2.24) is 4.90 Å². The average Bonchev–Trinajstić information content (AvgIpc) is 2.37. The second kappa shape index (κ2) is 5.15. The standard InChI is InChI=1S/C9H18BrN/c1-9-5-4-8-11(9)7-3-2-6-10/h9H,2-8H2,1H3. The van der Waals surface area contributed by atoms with Crippen molar-refractivity contribution in [2.45, 2.75) is 38.6 Å². The van der Waals surface area contributed by atoms with Crippen LogP contribution in [-0.2, 0) is 0 Å². The zero-order chi connectivity index (χ0) is 8.10. The Hall–Kier alpha value is 0.440. The van der Waals surface area contributed by atoms with E-state index in [1.54, 1.807) is 0 Å². The normalized spacial score (nSPS) is 26.2. The van der Waals surface area contributed by atoms with Gasteiger partial charge < -0.3 is 4.90 Å². The Labute approximate surface area is 78.3 Å². The van der Waals surface area contributed by atoms with E-state index in [1.165, 1.54) is 38.8 Å². The summed E-state index contributed by atoms with van der Waals surface area (Å²) in [5, 5.41) is 1.16. The SMILES string of the molecule is CC1CCCN1CCCCBr. The third kappa shape index (κ3) is 3.12. The molecule has 0 radical (unpaired) electrons. The molecule has 66 valence electrons. The van der Waals surface area contributed by atoms with Gasteiger partial charge in [0.15, 0.2) is 0 Å². The molecule has 0 amide bonds. The van der Waals surface area contributed by atoms with E-state index in [9.17, 15) is 0 Å². The smallest absolute Gasteiger partial charge is 0.00674 e. The van der Waals surface area contributed by atoms with Crippen molar-refractivity contribution in [1.29, 1.82) is 0 Å². The molecule has 1 rings (SSSR count). The average molecular weight is 220 g/mol. The highest BCUT2D eigenvalue weighted by Crippen LogP contribution is 2.16. The maximum absolute atomic E-state index is 3.46. The second-order valence-corrected chi connectivity index (χ2v) is 4.22. The zero-order valence-corrected chi connectivity index (χ0v) is 8.94. The van der Waals surface area contributed by atoms with Gasteiger partial charge in [-0.3, -0.25) is 0 Å². The molecule has 1 unspecified atom stereocenters. The van der Waals surface area contributed by atoms with Gasteiger partial charge in [-0.15, -0.1) is 0 Å². The predicted octanol–water partition coefficient (Wildman–Crippen LogP) is 2.65. The summed E-state index contributed by atoms with van der Waals surface area (Å²) in [5.41, 5.74) is 0. The maximum atomic E-state index is 3.46. The molecule has 1 atom stereocenters. The van der Waals surface area contributed by atoms with E-state index in [0.29, 0.717) is 0 Å². The number of likely N-dealkylation sites (tertiary alicyclic amines) is 1. The molecule has 1 aliphatic heterocycles.